The normalized spacial score (nSPS) is 13.5. The standard InChI is InChI=1S/C23H20O2/c24-22(20-14-6-2-7-15-20)23(25,21-16-8-3-9-17-21)18-10-13-19-11-4-1-5-12-19/h1-17,25H,18H2/b13-10+. The molecule has 1 unspecified atom stereocenters. The monoisotopic (exact) mass is 328 g/mol. The molecule has 0 spiro atoms. The lowest BCUT2D eigenvalue weighted by Crippen LogP contribution is -2.35. The molecule has 0 aromatic heterocycles. The minimum Gasteiger partial charge on any atom is -0.377 e. The van der Waals surface area contributed by atoms with Crippen LogP contribution >= 0.6 is 0 Å². The summed E-state index contributed by atoms with van der Waals surface area (Å²) in [5, 5.41) is 11.3. The zero-order chi connectivity index (χ0) is 17.5. The van der Waals surface area contributed by atoms with Crippen molar-refractivity contribution in [3.05, 3.63) is 114 Å². The van der Waals surface area contributed by atoms with Gasteiger partial charge in [-0.1, -0.05) is 103 Å². The average Bonchev–Trinajstić information content (AvgIpc) is 2.69. The molecule has 2 nitrogen and oxygen atoms in total. The Balaban J connectivity index is 1.92. The van der Waals surface area contributed by atoms with Crippen molar-refractivity contribution in [2.45, 2.75) is 12.0 Å². The van der Waals surface area contributed by atoms with Gasteiger partial charge in [-0.25, -0.2) is 0 Å². The van der Waals surface area contributed by atoms with Crippen LogP contribution in [-0.2, 0) is 5.60 Å². The van der Waals surface area contributed by atoms with Crippen molar-refractivity contribution in [1.29, 1.82) is 0 Å². The molecule has 0 aliphatic carbocycles. The van der Waals surface area contributed by atoms with Gasteiger partial charge >= 0.3 is 0 Å². The predicted octanol–water partition coefficient (Wildman–Crippen LogP) is 4.86. The molecule has 0 aliphatic rings. The highest BCUT2D eigenvalue weighted by molar-refractivity contribution is 6.03. The second-order valence-electron chi connectivity index (χ2n) is 5.94. The number of hydrogen-bond acceptors (Lipinski definition) is 2. The van der Waals surface area contributed by atoms with E-state index in [1.54, 1.807) is 36.4 Å². The van der Waals surface area contributed by atoms with E-state index in [9.17, 15) is 9.90 Å². The Kier molecular flexibility index (Phi) is 5.22. The van der Waals surface area contributed by atoms with Gasteiger partial charge in [0.05, 0.1) is 0 Å². The van der Waals surface area contributed by atoms with E-state index in [0.29, 0.717) is 11.1 Å². The zero-order valence-electron chi connectivity index (χ0n) is 13.9. The number of benzene rings is 3. The van der Waals surface area contributed by atoms with Gasteiger partial charge in [-0.15, -0.1) is 0 Å². The minimum absolute atomic E-state index is 0.208. The van der Waals surface area contributed by atoms with Crippen LogP contribution in [-0.4, -0.2) is 10.9 Å². The number of hydrogen-bond donors (Lipinski definition) is 1. The lowest BCUT2D eigenvalue weighted by molar-refractivity contribution is 0.0313. The summed E-state index contributed by atoms with van der Waals surface area (Å²) in [7, 11) is 0. The van der Waals surface area contributed by atoms with Crippen LogP contribution in [0.5, 0.6) is 0 Å². The lowest BCUT2D eigenvalue weighted by Gasteiger charge is -2.26. The summed E-state index contributed by atoms with van der Waals surface area (Å²) < 4.78 is 0. The second-order valence-corrected chi connectivity index (χ2v) is 5.94. The summed E-state index contributed by atoms with van der Waals surface area (Å²) in [5.74, 6) is -0.294. The van der Waals surface area contributed by atoms with E-state index in [2.05, 4.69) is 0 Å². The number of carbonyl (C=O) groups is 1. The van der Waals surface area contributed by atoms with E-state index in [1.165, 1.54) is 0 Å². The SMILES string of the molecule is O=C(c1ccccc1)C(O)(C/C=C/c1ccccc1)c1ccccc1. The molecular formula is C23H20O2. The third kappa shape index (κ3) is 3.93. The molecule has 0 radical (unpaired) electrons. The van der Waals surface area contributed by atoms with Gasteiger partial charge in [0.1, 0.15) is 0 Å². The summed E-state index contributed by atoms with van der Waals surface area (Å²) in [5.41, 5.74) is 0.544. The van der Waals surface area contributed by atoms with Crippen LogP contribution in [0.3, 0.4) is 0 Å². The van der Waals surface area contributed by atoms with Crippen molar-refractivity contribution >= 4 is 11.9 Å². The molecule has 0 amide bonds. The largest absolute Gasteiger partial charge is 0.377 e. The van der Waals surface area contributed by atoms with Crippen molar-refractivity contribution in [2.75, 3.05) is 0 Å². The summed E-state index contributed by atoms with van der Waals surface area (Å²) in [6, 6.07) is 27.9. The predicted molar refractivity (Wildman–Crippen MR) is 101 cm³/mol. The third-order valence-corrected chi connectivity index (χ3v) is 4.19. The molecule has 25 heavy (non-hydrogen) atoms. The highest BCUT2D eigenvalue weighted by Gasteiger charge is 2.37. The summed E-state index contributed by atoms with van der Waals surface area (Å²) >= 11 is 0. The second kappa shape index (κ2) is 7.73. The highest BCUT2D eigenvalue weighted by Crippen LogP contribution is 2.30. The molecule has 1 atom stereocenters. The van der Waals surface area contributed by atoms with Crippen molar-refractivity contribution in [3.8, 4) is 0 Å². The highest BCUT2D eigenvalue weighted by atomic mass is 16.3. The van der Waals surface area contributed by atoms with Crippen LogP contribution in [0.25, 0.3) is 6.08 Å². The Hall–Kier alpha value is -2.97. The van der Waals surface area contributed by atoms with Crippen LogP contribution in [0, 0.1) is 0 Å². The molecule has 3 rings (SSSR count). The van der Waals surface area contributed by atoms with Gasteiger partial charge in [0, 0.05) is 12.0 Å². The Morgan fingerprint density at radius 2 is 1.32 bits per heavy atom. The molecule has 124 valence electrons. The topological polar surface area (TPSA) is 37.3 Å². The molecule has 0 saturated carbocycles. The number of Topliss-reactive ketones (excluding diaryl/α,β-unsaturated/α-hetero) is 1. The van der Waals surface area contributed by atoms with E-state index < -0.39 is 5.60 Å². The molecule has 0 fully saturated rings. The molecule has 3 aromatic carbocycles. The zero-order valence-corrected chi connectivity index (χ0v) is 13.9. The maximum atomic E-state index is 13.0. The fourth-order valence-electron chi connectivity index (χ4n) is 2.81. The summed E-state index contributed by atoms with van der Waals surface area (Å²) in [4.78, 5) is 13.0. The molecule has 3 aromatic rings. The van der Waals surface area contributed by atoms with Crippen molar-refractivity contribution < 1.29 is 9.90 Å². The van der Waals surface area contributed by atoms with Crippen molar-refractivity contribution in [1.82, 2.24) is 0 Å². The maximum absolute atomic E-state index is 13.0. The first-order chi connectivity index (χ1) is 12.2. The molecule has 0 aliphatic heterocycles. The fourth-order valence-corrected chi connectivity index (χ4v) is 2.81. The third-order valence-electron chi connectivity index (χ3n) is 4.19. The minimum atomic E-state index is -1.59. The van der Waals surface area contributed by atoms with Gasteiger partial charge in [-0.05, 0) is 11.1 Å². The Bertz CT molecular complexity index is 839. The van der Waals surface area contributed by atoms with Gasteiger partial charge in [0.15, 0.2) is 11.4 Å². The van der Waals surface area contributed by atoms with E-state index in [-0.39, 0.29) is 12.2 Å². The maximum Gasteiger partial charge on any atom is 0.199 e. The van der Waals surface area contributed by atoms with Crippen LogP contribution in [0.2, 0.25) is 0 Å². The molecular weight excluding hydrogens is 308 g/mol. The number of rotatable bonds is 6. The van der Waals surface area contributed by atoms with Gasteiger partial charge in [-0.3, -0.25) is 4.79 Å². The lowest BCUT2D eigenvalue weighted by atomic mass is 9.83. The quantitative estimate of drug-likeness (QED) is 0.656. The van der Waals surface area contributed by atoms with Crippen molar-refractivity contribution in [3.63, 3.8) is 0 Å². The Morgan fingerprint density at radius 1 is 0.800 bits per heavy atom. The number of carbonyl (C=O) groups excluding carboxylic acids is 1. The van der Waals surface area contributed by atoms with Crippen LogP contribution in [0.1, 0.15) is 27.9 Å². The first-order valence-electron chi connectivity index (χ1n) is 8.29. The van der Waals surface area contributed by atoms with Crippen molar-refractivity contribution in [2.24, 2.45) is 0 Å². The van der Waals surface area contributed by atoms with Crippen LogP contribution in [0.4, 0.5) is 0 Å². The van der Waals surface area contributed by atoms with Gasteiger partial charge in [0.2, 0.25) is 0 Å². The van der Waals surface area contributed by atoms with Crippen LogP contribution in [0.15, 0.2) is 97.1 Å². The fraction of sp³-hybridized carbons (Fsp3) is 0.0870. The molecule has 1 N–H and O–H groups in total. The Labute approximate surface area is 148 Å². The first kappa shape index (κ1) is 16.9. The summed E-state index contributed by atoms with van der Waals surface area (Å²) in [6.45, 7) is 0. The van der Waals surface area contributed by atoms with Crippen LogP contribution < -0.4 is 0 Å². The summed E-state index contributed by atoms with van der Waals surface area (Å²) in [6.07, 6.45) is 3.98. The first-order valence-corrected chi connectivity index (χ1v) is 8.29. The molecule has 0 bridgehead atoms. The van der Waals surface area contributed by atoms with E-state index in [1.807, 2.05) is 66.7 Å². The van der Waals surface area contributed by atoms with E-state index in [4.69, 9.17) is 0 Å². The van der Waals surface area contributed by atoms with E-state index in [0.717, 1.165) is 5.56 Å². The van der Waals surface area contributed by atoms with Gasteiger partial charge < -0.3 is 5.11 Å². The average molecular weight is 328 g/mol. The van der Waals surface area contributed by atoms with E-state index >= 15 is 0 Å². The smallest absolute Gasteiger partial charge is 0.199 e. The number of ketones is 1. The number of aliphatic hydroxyl groups is 1. The molecule has 0 heterocycles. The van der Waals surface area contributed by atoms with Gasteiger partial charge in [0.25, 0.3) is 0 Å². The molecule has 0 saturated heterocycles. The van der Waals surface area contributed by atoms with Gasteiger partial charge in [-0.2, -0.15) is 0 Å². The molecule has 2 heteroatoms. The Morgan fingerprint density at radius 3 is 1.92 bits per heavy atom.